The molecule has 1 aromatic carbocycles. The summed E-state index contributed by atoms with van der Waals surface area (Å²) in [7, 11) is 0. The number of hydrogen-bond acceptors (Lipinski definition) is 1. The first-order valence-corrected chi connectivity index (χ1v) is 3.26. The highest BCUT2D eigenvalue weighted by atomic mass is 35.5. The fraction of sp³-hybridized carbons (Fsp3) is 0. The number of halogens is 2. The van der Waals surface area contributed by atoms with E-state index in [0.29, 0.717) is 0 Å². The Labute approximate surface area is 76.2 Å². The fourth-order valence-corrected chi connectivity index (χ4v) is 1.02. The van der Waals surface area contributed by atoms with E-state index >= 15 is 0 Å². The van der Waals surface area contributed by atoms with E-state index in [1.165, 1.54) is 5.39 Å². The zero-order valence-corrected chi connectivity index (χ0v) is 7.12. The SMILES string of the molecule is Cl.F.c1ccc2ncccc2c1. The predicted octanol–water partition coefficient (Wildman–Crippen LogP) is 2.81. The van der Waals surface area contributed by atoms with Gasteiger partial charge in [0.1, 0.15) is 0 Å². The second kappa shape index (κ2) is 4.67. The van der Waals surface area contributed by atoms with Gasteiger partial charge in [0.05, 0.1) is 5.52 Å². The van der Waals surface area contributed by atoms with Crippen molar-refractivity contribution in [3.8, 4) is 0 Å². The molecule has 3 heteroatoms. The zero-order chi connectivity index (χ0) is 6.81. The molecule has 12 heavy (non-hydrogen) atoms. The van der Waals surface area contributed by atoms with Crippen LogP contribution in [0.1, 0.15) is 0 Å². The van der Waals surface area contributed by atoms with Gasteiger partial charge in [-0.15, -0.1) is 12.4 Å². The van der Waals surface area contributed by atoms with Crippen molar-refractivity contribution in [2.45, 2.75) is 0 Å². The van der Waals surface area contributed by atoms with Gasteiger partial charge in [0.25, 0.3) is 0 Å². The van der Waals surface area contributed by atoms with Crippen LogP contribution < -0.4 is 0 Å². The zero-order valence-electron chi connectivity index (χ0n) is 6.31. The van der Waals surface area contributed by atoms with Crippen LogP contribution in [0.15, 0.2) is 42.6 Å². The van der Waals surface area contributed by atoms with Crippen LogP contribution in [0, 0.1) is 0 Å². The molecule has 0 atom stereocenters. The maximum atomic E-state index is 4.18. The first-order chi connectivity index (χ1) is 4.97. The average Bonchev–Trinajstić information content (AvgIpc) is 2.05. The lowest BCUT2D eigenvalue weighted by Gasteiger charge is -1.91. The molecule has 0 fully saturated rings. The van der Waals surface area contributed by atoms with Gasteiger partial charge in [0.15, 0.2) is 0 Å². The number of aromatic nitrogens is 1. The lowest BCUT2D eigenvalue weighted by atomic mass is 10.2. The summed E-state index contributed by atoms with van der Waals surface area (Å²) in [5, 5.41) is 1.20. The van der Waals surface area contributed by atoms with E-state index in [9.17, 15) is 0 Å². The second-order valence-electron chi connectivity index (χ2n) is 2.20. The molecule has 64 valence electrons. The van der Waals surface area contributed by atoms with Crippen molar-refractivity contribution in [3.05, 3.63) is 42.6 Å². The van der Waals surface area contributed by atoms with E-state index in [1.54, 1.807) is 0 Å². The third-order valence-corrected chi connectivity index (χ3v) is 1.51. The Bertz CT molecular complexity index is 286. The molecule has 0 saturated carbocycles. The minimum atomic E-state index is 0. The first kappa shape index (κ1) is 10.8. The van der Waals surface area contributed by atoms with E-state index in [1.807, 2.05) is 30.5 Å². The van der Waals surface area contributed by atoms with E-state index in [4.69, 9.17) is 0 Å². The number of para-hydroxylation sites is 1. The molecule has 0 radical (unpaired) electrons. The molecule has 0 amide bonds. The van der Waals surface area contributed by atoms with Crippen LogP contribution in [-0.2, 0) is 0 Å². The Hall–Kier alpha value is -1.15. The maximum absolute atomic E-state index is 4.18. The number of fused-ring (bicyclic) bond motifs is 1. The molecule has 0 aliphatic rings. The highest BCUT2D eigenvalue weighted by molar-refractivity contribution is 5.85. The Balaban J connectivity index is 0.000000605. The molecule has 1 heterocycles. The normalized spacial score (nSPS) is 8.33. The molecule has 2 rings (SSSR count). The lowest BCUT2D eigenvalue weighted by molar-refractivity contribution is 1.11. The molecule has 0 unspecified atom stereocenters. The van der Waals surface area contributed by atoms with Crippen LogP contribution >= 0.6 is 12.4 Å². The summed E-state index contributed by atoms with van der Waals surface area (Å²) >= 11 is 0. The van der Waals surface area contributed by atoms with Gasteiger partial charge in [0.2, 0.25) is 0 Å². The number of pyridine rings is 1. The van der Waals surface area contributed by atoms with Crippen molar-refractivity contribution in [1.29, 1.82) is 0 Å². The third kappa shape index (κ3) is 1.92. The quantitative estimate of drug-likeness (QED) is 0.615. The molecule has 0 N–H and O–H groups in total. The van der Waals surface area contributed by atoms with Gasteiger partial charge in [-0.05, 0) is 12.1 Å². The Morgan fingerprint density at radius 1 is 0.917 bits per heavy atom. The maximum Gasteiger partial charge on any atom is 0.0701 e. The third-order valence-electron chi connectivity index (χ3n) is 1.51. The van der Waals surface area contributed by atoms with Gasteiger partial charge in [-0.1, -0.05) is 24.3 Å². The van der Waals surface area contributed by atoms with E-state index in [0.717, 1.165) is 5.52 Å². The highest BCUT2D eigenvalue weighted by Gasteiger charge is 1.86. The largest absolute Gasteiger partial charge is 0.269 e. The average molecular weight is 186 g/mol. The van der Waals surface area contributed by atoms with Crippen LogP contribution in [0.3, 0.4) is 0 Å². The summed E-state index contributed by atoms with van der Waals surface area (Å²) in [5.74, 6) is 0. The Kier molecular flexibility index (Phi) is 4.22. The summed E-state index contributed by atoms with van der Waals surface area (Å²) in [6, 6.07) is 12.1. The molecular weight excluding hydrogens is 177 g/mol. The van der Waals surface area contributed by atoms with Crippen molar-refractivity contribution in [1.82, 2.24) is 4.98 Å². The number of nitrogens with zero attached hydrogens (tertiary/aromatic N) is 1. The van der Waals surface area contributed by atoms with E-state index in [2.05, 4.69) is 17.1 Å². The molecule has 1 nitrogen and oxygen atoms in total. The number of hydrogen-bond donors (Lipinski definition) is 0. The minimum Gasteiger partial charge on any atom is -0.269 e. The summed E-state index contributed by atoms with van der Waals surface area (Å²) in [4.78, 5) is 4.18. The molecule has 0 aliphatic heterocycles. The van der Waals surface area contributed by atoms with Gasteiger partial charge in [-0.2, -0.15) is 0 Å². The van der Waals surface area contributed by atoms with Crippen molar-refractivity contribution < 1.29 is 4.70 Å². The standard InChI is InChI=1S/C9H7N.ClH.FH/c1-2-6-9-8(4-1)5-3-7-10-9;;/h1-7H;2*1H. The van der Waals surface area contributed by atoms with Crippen LogP contribution in [-0.4, -0.2) is 4.98 Å². The van der Waals surface area contributed by atoms with Gasteiger partial charge in [0, 0.05) is 11.6 Å². The van der Waals surface area contributed by atoms with Crippen LogP contribution in [0.5, 0.6) is 0 Å². The number of rotatable bonds is 0. The summed E-state index contributed by atoms with van der Waals surface area (Å²) in [6.07, 6.45) is 1.81. The van der Waals surface area contributed by atoms with Gasteiger partial charge in [-0.25, -0.2) is 0 Å². The van der Waals surface area contributed by atoms with Crippen LogP contribution in [0.4, 0.5) is 4.70 Å². The minimum absolute atomic E-state index is 0. The molecule has 1 aromatic heterocycles. The van der Waals surface area contributed by atoms with Crippen molar-refractivity contribution in [2.75, 3.05) is 0 Å². The van der Waals surface area contributed by atoms with Crippen LogP contribution in [0.25, 0.3) is 10.9 Å². The summed E-state index contributed by atoms with van der Waals surface area (Å²) < 4.78 is 0. The van der Waals surface area contributed by atoms with Crippen molar-refractivity contribution >= 4 is 23.3 Å². The van der Waals surface area contributed by atoms with Crippen molar-refractivity contribution in [3.63, 3.8) is 0 Å². The highest BCUT2D eigenvalue weighted by Crippen LogP contribution is 2.07. The van der Waals surface area contributed by atoms with Crippen molar-refractivity contribution in [2.24, 2.45) is 0 Å². The van der Waals surface area contributed by atoms with Gasteiger partial charge < -0.3 is 0 Å². The van der Waals surface area contributed by atoms with Gasteiger partial charge in [-0.3, -0.25) is 9.69 Å². The number of benzene rings is 1. The second-order valence-corrected chi connectivity index (χ2v) is 2.20. The monoisotopic (exact) mass is 185 g/mol. The smallest absolute Gasteiger partial charge is 0.0701 e. The Morgan fingerprint density at radius 3 is 2.33 bits per heavy atom. The molecule has 0 aliphatic carbocycles. The van der Waals surface area contributed by atoms with E-state index < -0.39 is 0 Å². The summed E-state index contributed by atoms with van der Waals surface area (Å²) in [5.41, 5.74) is 1.06. The topological polar surface area (TPSA) is 12.9 Å². The predicted molar refractivity (Wildman–Crippen MR) is 51.5 cm³/mol. The van der Waals surface area contributed by atoms with Gasteiger partial charge >= 0.3 is 0 Å². The fourth-order valence-electron chi connectivity index (χ4n) is 1.02. The Morgan fingerprint density at radius 2 is 1.58 bits per heavy atom. The molecule has 2 aromatic rings. The lowest BCUT2D eigenvalue weighted by Crippen LogP contribution is -1.73. The molecule has 0 spiro atoms. The first-order valence-electron chi connectivity index (χ1n) is 3.26. The van der Waals surface area contributed by atoms with E-state index in [-0.39, 0.29) is 17.1 Å². The molecule has 0 saturated heterocycles. The van der Waals surface area contributed by atoms with Crippen LogP contribution in [0.2, 0.25) is 0 Å². The molecule has 0 bridgehead atoms. The summed E-state index contributed by atoms with van der Waals surface area (Å²) in [6.45, 7) is 0. The molecular formula is C9H9ClFN.